The number of nitrogens with zero attached hydrogens (tertiary/aromatic N) is 1. The molecule has 3 saturated carbocycles. The van der Waals surface area contributed by atoms with Crippen LogP contribution in [0, 0.1) is 23.7 Å². The SMILES string of the molecule is CN1CNC(C2CC(Cl)C(F)C(C(=O)NNS(=O)(=O)CC3CCCC(NC(=O)CC4CCCCC4)C3)C2)C1. The first-order chi connectivity index (χ1) is 18.1. The van der Waals surface area contributed by atoms with Crippen molar-refractivity contribution in [1.82, 2.24) is 25.8 Å². The van der Waals surface area contributed by atoms with Crippen LogP contribution in [0.4, 0.5) is 4.39 Å². The molecule has 2 amide bonds. The molecule has 0 aromatic heterocycles. The number of halogens is 2. The number of rotatable bonds is 9. The maximum absolute atomic E-state index is 14.9. The Morgan fingerprint density at radius 1 is 1.03 bits per heavy atom. The summed E-state index contributed by atoms with van der Waals surface area (Å²) in [4.78, 5) is 29.7. The summed E-state index contributed by atoms with van der Waals surface area (Å²) in [6.45, 7) is 1.53. The van der Waals surface area contributed by atoms with E-state index < -0.39 is 33.4 Å². The molecule has 1 saturated heterocycles. The van der Waals surface area contributed by atoms with Crippen LogP contribution in [0.5, 0.6) is 0 Å². The van der Waals surface area contributed by atoms with E-state index in [0.717, 1.165) is 45.3 Å². The first-order valence-corrected chi connectivity index (χ1v) is 16.5. The van der Waals surface area contributed by atoms with Gasteiger partial charge in [-0.05, 0) is 69.7 Å². The molecule has 4 aliphatic rings. The molecule has 3 aliphatic carbocycles. The molecule has 0 bridgehead atoms. The summed E-state index contributed by atoms with van der Waals surface area (Å²) >= 11 is 6.27. The van der Waals surface area contributed by atoms with Gasteiger partial charge in [-0.2, -0.15) is 0 Å². The summed E-state index contributed by atoms with van der Waals surface area (Å²) in [5, 5.41) is 5.72. The summed E-state index contributed by atoms with van der Waals surface area (Å²) in [5.41, 5.74) is 2.27. The van der Waals surface area contributed by atoms with Crippen LogP contribution in [0.1, 0.15) is 77.0 Å². The Morgan fingerprint density at radius 3 is 2.47 bits per heavy atom. The van der Waals surface area contributed by atoms with E-state index in [1.54, 1.807) is 0 Å². The lowest BCUT2D eigenvalue weighted by Gasteiger charge is -2.37. The van der Waals surface area contributed by atoms with E-state index in [0.29, 0.717) is 31.6 Å². The van der Waals surface area contributed by atoms with Gasteiger partial charge in [-0.15, -0.1) is 16.4 Å². The number of likely N-dealkylation sites (N-methyl/N-ethyl adjacent to an activating group) is 1. The Hall–Kier alpha value is -1.01. The second-order valence-corrected chi connectivity index (χ2v) is 14.5. The van der Waals surface area contributed by atoms with E-state index in [1.807, 2.05) is 7.05 Å². The minimum Gasteiger partial charge on any atom is -0.353 e. The molecule has 12 heteroatoms. The summed E-state index contributed by atoms with van der Waals surface area (Å²) in [5.74, 6) is -1.39. The van der Waals surface area contributed by atoms with Gasteiger partial charge in [0.1, 0.15) is 6.17 Å². The molecule has 0 aromatic carbocycles. The van der Waals surface area contributed by atoms with Crippen LogP contribution >= 0.6 is 11.6 Å². The van der Waals surface area contributed by atoms with Crippen LogP contribution in [0.3, 0.4) is 0 Å². The topological polar surface area (TPSA) is 120 Å². The summed E-state index contributed by atoms with van der Waals surface area (Å²) in [6, 6.07) is 0.105. The van der Waals surface area contributed by atoms with Gasteiger partial charge in [-0.25, -0.2) is 12.8 Å². The molecule has 4 fully saturated rings. The number of nitrogens with one attached hydrogen (secondary N) is 4. The van der Waals surface area contributed by atoms with Crippen molar-refractivity contribution in [3.63, 3.8) is 0 Å². The normalized spacial score (nSPS) is 35.6. The van der Waals surface area contributed by atoms with E-state index >= 15 is 0 Å². The monoisotopic (exact) mass is 577 g/mol. The van der Waals surface area contributed by atoms with Gasteiger partial charge in [0.2, 0.25) is 21.8 Å². The van der Waals surface area contributed by atoms with Gasteiger partial charge in [0.25, 0.3) is 0 Å². The number of carbonyl (C=O) groups is 2. The second kappa shape index (κ2) is 13.6. The molecule has 1 heterocycles. The molecule has 4 rings (SSSR count). The highest BCUT2D eigenvalue weighted by Gasteiger charge is 2.44. The quantitative estimate of drug-likeness (QED) is 0.247. The Bertz CT molecular complexity index is 921. The fourth-order valence-corrected chi connectivity index (χ4v) is 8.61. The van der Waals surface area contributed by atoms with Gasteiger partial charge >= 0.3 is 0 Å². The number of carbonyl (C=O) groups excluding carboxylic acids is 2. The molecule has 7 atom stereocenters. The van der Waals surface area contributed by atoms with Gasteiger partial charge in [0, 0.05) is 31.7 Å². The van der Waals surface area contributed by atoms with Crippen molar-refractivity contribution in [3.8, 4) is 0 Å². The van der Waals surface area contributed by atoms with Crippen molar-refractivity contribution in [2.75, 3.05) is 26.0 Å². The second-order valence-electron chi connectivity index (χ2n) is 12.2. The van der Waals surface area contributed by atoms with Crippen molar-refractivity contribution in [2.24, 2.45) is 23.7 Å². The predicted octanol–water partition coefficient (Wildman–Crippen LogP) is 2.42. The van der Waals surface area contributed by atoms with Gasteiger partial charge in [0.15, 0.2) is 0 Å². The number of hydrogen-bond donors (Lipinski definition) is 4. The fraction of sp³-hybridized carbons (Fsp3) is 0.923. The average Bonchev–Trinajstić information content (AvgIpc) is 3.31. The van der Waals surface area contributed by atoms with Gasteiger partial charge < -0.3 is 5.32 Å². The minimum atomic E-state index is -3.83. The molecule has 38 heavy (non-hydrogen) atoms. The lowest BCUT2D eigenvalue weighted by Crippen LogP contribution is -2.52. The Morgan fingerprint density at radius 2 is 1.76 bits per heavy atom. The molecular weight excluding hydrogens is 533 g/mol. The molecule has 0 radical (unpaired) electrons. The lowest BCUT2D eigenvalue weighted by molar-refractivity contribution is -0.129. The van der Waals surface area contributed by atoms with E-state index in [9.17, 15) is 22.4 Å². The summed E-state index contributed by atoms with van der Waals surface area (Å²) in [6.07, 6.45) is 8.72. The fourth-order valence-electron chi connectivity index (χ4n) is 6.94. The van der Waals surface area contributed by atoms with Crippen molar-refractivity contribution < 1.29 is 22.4 Å². The third-order valence-electron chi connectivity index (χ3n) is 8.98. The zero-order valence-electron chi connectivity index (χ0n) is 22.5. The molecular formula is C26H45ClFN5O4S. The molecule has 7 unspecified atom stereocenters. The number of alkyl halides is 2. The molecule has 218 valence electrons. The summed E-state index contributed by atoms with van der Waals surface area (Å²) < 4.78 is 40.5. The average molecular weight is 578 g/mol. The highest BCUT2D eigenvalue weighted by Crippen LogP contribution is 2.37. The zero-order chi connectivity index (χ0) is 27.3. The molecule has 0 aromatic rings. The Balaban J connectivity index is 1.23. The van der Waals surface area contributed by atoms with E-state index in [-0.39, 0.29) is 35.6 Å². The number of amides is 2. The van der Waals surface area contributed by atoms with Crippen molar-refractivity contribution in [3.05, 3.63) is 0 Å². The number of hydrazine groups is 1. The Kier molecular flexibility index (Phi) is 10.7. The zero-order valence-corrected chi connectivity index (χ0v) is 24.0. The van der Waals surface area contributed by atoms with Crippen LogP contribution in [0.25, 0.3) is 0 Å². The minimum absolute atomic E-state index is 0.0232. The maximum Gasteiger partial charge on any atom is 0.241 e. The molecule has 1 aliphatic heterocycles. The smallest absolute Gasteiger partial charge is 0.241 e. The lowest BCUT2D eigenvalue weighted by atomic mass is 9.76. The van der Waals surface area contributed by atoms with Crippen LogP contribution in [-0.2, 0) is 19.6 Å². The van der Waals surface area contributed by atoms with E-state index in [2.05, 4.69) is 25.8 Å². The van der Waals surface area contributed by atoms with Gasteiger partial charge in [-0.1, -0.05) is 25.7 Å². The van der Waals surface area contributed by atoms with Gasteiger partial charge in [0.05, 0.1) is 17.0 Å². The Labute approximate surface area is 231 Å². The first kappa shape index (κ1) is 30.0. The van der Waals surface area contributed by atoms with Gasteiger partial charge in [-0.3, -0.25) is 25.2 Å². The highest BCUT2D eigenvalue weighted by molar-refractivity contribution is 7.89. The van der Waals surface area contributed by atoms with Crippen molar-refractivity contribution in [2.45, 2.75) is 101 Å². The third kappa shape index (κ3) is 8.49. The highest BCUT2D eigenvalue weighted by atomic mass is 35.5. The molecule has 9 nitrogen and oxygen atoms in total. The molecule has 4 N–H and O–H groups in total. The first-order valence-electron chi connectivity index (χ1n) is 14.4. The maximum atomic E-state index is 14.9. The number of hydrogen-bond acceptors (Lipinski definition) is 6. The van der Waals surface area contributed by atoms with Crippen LogP contribution < -0.4 is 20.9 Å². The van der Waals surface area contributed by atoms with Crippen molar-refractivity contribution in [1.29, 1.82) is 0 Å². The predicted molar refractivity (Wildman–Crippen MR) is 145 cm³/mol. The van der Waals surface area contributed by atoms with Crippen LogP contribution in [-0.4, -0.2) is 74.8 Å². The van der Waals surface area contributed by atoms with E-state index in [4.69, 9.17) is 11.6 Å². The third-order valence-corrected chi connectivity index (χ3v) is 10.7. The van der Waals surface area contributed by atoms with E-state index in [1.165, 1.54) is 19.3 Å². The van der Waals surface area contributed by atoms with Crippen LogP contribution in [0.15, 0.2) is 0 Å². The van der Waals surface area contributed by atoms with Crippen molar-refractivity contribution >= 4 is 33.4 Å². The molecule has 0 spiro atoms. The van der Waals surface area contributed by atoms with Crippen LogP contribution in [0.2, 0.25) is 0 Å². The summed E-state index contributed by atoms with van der Waals surface area (Å²) in [7, 11) is -1.84. The standard InChI is InChI=1S/C26H45ClFN5O4S/c1-33-14-23(29-16-33)19-12-21(25(28)22(27)13-19)26(35)31-32-38(36,37)15-18-8-5-9-20(10-18)30-24(34)11-17-6-3-2-4-7-17/h17-23,25,29,32H,2-16H2,1H3,(H,30,34)(H,31,35). The number of sulfonamides is 1. The largest absolute Gasteiger partial charge is 0.353 e.